The highest BCUT2D eigenvalue weighted by atomic mass is 79.9. The number of carbonyl (C=O) groups excluding carboxylic acids is 1. The molecule has 21 heavy (non-hydrogen) atoms. The van der Waals surface area contributed by atoms with Crippen molar-refractivity contribution in [3.05, 3.63) is 59.2 Å². The fraction of sp³-hybridized carbons (Fsp3) is 0.188. The van der Waals surface area contributed by atoms with Gasteiger partial charge in [0.1, 0.15) is 11.5 Å². The van der Waals surface area contributed by atoms with Gasteiger partial charge in [0, 0.05) is 11.9 Å². The van der Waals surface area contributed by atoms with E-state index in [0.29, 0.717) is 12.3 Å². The molecule has 0 atom stereocenters. The molecule has 0 heterocycles. The van der Waals surface area contributed by atoms with Gasteiger partial charge in [0.15, 0.2) is 0 Å². The van der Waals surface area contributed by atoms with Crippen molar-refractivity contribution in [3.8, 4) is 11.5 Å². The Balaban J connectivity index is 2.04. The third kappa shape index (κ3) is 3.98. The van der Waals surface area contributed by atoms with E-state index in [0.717, 1.165) is 10.9 Å². The van der Waals surface area contributed by atoms with Crippen molar-refractivity contribution in [1.29, 1.82) is 0 Å². The third-order valence-electron chi connectivity index (χ3n) is 3.08. The second-order valence-corrected chi connectivity index (χ2v) is 5.08. The summed E-state index contributed by atoms with van der Waals surface area (Å²) in [5, 5.41) is 13.3. The molecule has 0 unspecified atom stereocenters. The molecule has 1 amide bonds. The van der Waals surface area contributed by atoms with E-state index in [4.69, 9.17) is 4.74 Å². The first-order chi connectivity index (χ1) is 10.1. The van der Waals surface area contributed by atoms with E-state index in [1.54, 1.807) is 6.07 Å². The summed E-state index contributed by atoms with van der Waals surface area (Å²) in [5.41, 5.74) is 2.37. The van der Waals surface area contributed by atoms with Crippen LogP contribution in [0.4, 0.5) is 0 Å². The Hall–Kier alpha value is -2.01. The van der Waals surface area contributed by atoms with Gasteiger partial charge in [-0.15, -0.1) is 0 Å². The van der Waals surface area contributed by atoms with Crippen LogP contribution in [-0.2, 0) is 11.9 Å². The van der Waals surface area contributed by atoms with Gasteiger partial charge < -0.3 is 15.2 Å². The van der Waals surface area contributed by atoms with Gasteiger partial charge in [-0.05, 0) is 29.3 Å². The van der Waals surface area contributed by atoms with Crippen LogP contribution in [0.15, 0.2) is 42.5 Å². The lowest BCUT2D eigenvalue weighted by molar-refractivity contribution is 0.0948. The second kappa shape index (κ2) is 7.13. The quantitative estimate of drug-likeness (QED) is 0.814. The molecule has 4 nitrogen and oxygen atoms in total. The number of amides is 1. The lowest BCUT2D eigenvalue weighted by Gasteiger charge is -2.09. The zero-order valence-corrected chi connectivity index (χ0v) is 13.2. The van der Waals surface area contributed by atoms with E-state index < -0.39 is 0 Å². The standard InChI is InChI=1S/C16H16BrNO3/c1-21-13-6-7-15(19)14(8-13)16(20)18-10-12-4-2-11(9-17)3-5-12/h2-8,19H,9-10H2,1H3,(H,18,20). The molecule has 2 aromatic carbocycles. The summed E-state index contributed by atoms with van der Waals surface area (Å²) >= 11 is 3.39. The van der Waals surface area contributed by atoms with Crippen molar-refractivity contribution in [3.63, 3.8) is 0 Å². The van der Waals surface area contributed by atoms with Crippen molar-refractivity contribution in [2.75, 3.05) is 7.11 Å². The molecule has 2 N–H and O–H groups in total. The number of hydrogen-bond donors (Lipinski definition) is 2. The molecule has 0 aliphatic heterocycles. The van der Waals surface area contributed by atoms with E-state index in [-0.39, 0.29) is 17.2 Å². The molecule has 2 aromatic rings. The van der Waals surface area contributed by atoms with Crippen LogP contribution < -0.4 is 10.1 Å². The monoisotopic (exact) mass is 349 g/mol. The largest absolute Gasteiger partial charge is 0.507 e. The molecule has 0 aromatic heterocycles. The van der Waals surface area contributed by atoms with Gasteiger partial charge in [-0.3, -0.25) is 4.79 Å². The van der Waals surface area contributed by atoms with E-state index in [1.165, 1.54) is 24.8 Å². The molecule has 0 fully saturated rings. The molecule has 0 bridgehead atoms. The molecule has 0 saturated carbocycles. The third-order valence-corrected chi connectivity index (χ3v) is 3.73. The predicted molar refractivity (Wildman–Crippen MR) is 84.9 cm³/mol. The Morgan fingerprint density at radius 3 is 2.48 bits per heavy atom. The maximum absolute atomic E-state index is 12.1. The van der Waals surface area contributed by atoms with Crippen LogP contribution in [0, 0.1) is 0 Å². The van der Waals surface area contributed by atoms with E-state index >= 15 is 0 Å². The first-order valence-corrected chi connectivity index (χ1v) is 7.55. The van der Waals surface area contributed by atoms with Gasteiger partial charge in [-0.25, -0.2) is 0 Å². The average Bonchev–Trinajstić information content (AvgIpc) is 2.53. The number of rotatable bonds is 5. The molecule has 0 radical (unpaired) electrons. The van der Waals surface area contributed by atoms with Gasteiger partial charge in [-0.2, -0.15) is 0 Å². The van der Waals surface area contributed by atoms with Gasteiger partial charge in [0.2, 0.25) is 0 Å². The average molecular weight is 350 g/mol. The van der Waals surface area contributed by atoms with E-state index in [9.17, 15) is 9.90 Å². The number of alkyl halides is 1. The fourth-order valence-corrected chi connectivity index (χ4v) is 2.22. The highest BCUT2D eigenvalue weighted by molar-refractivity contribution is 9.08. The van der Waals surface area contributed by atoms with E-state index in [1.807, 2.05) is 24.3 Å². The maximum Gasteiger partial charge on any atom is 0.255 e. The minimum atomic E-state index is -0.337. The van der Waals surface area contributed by atoms with Crippen LogP contribution >= 0.6 is 15.9 Å². The number of hydrogen-bond acceptors (Lipinski definition) is 3. The fourth-order valence-electron chi connectivity index (χ4n) is 1.85. The van der Waals surface area contributed by atoms with Gasteiger partial charge in [-0.1, -0.05) is 40.2 Å². The van der Waals surface area contributed by atoms with Crippen LogP contribution in [0.2, 0.25) is 0 Å². The number of nitrogens with one attached hydrogen (secondary N) is 1. The molecule has 2 rings (SSSR count). The minimum Gasteiger partial charge on any atom is -0.507 e. The molecule has 0 aliphatic carbocycles. The molecule has 110 valence electrons. The molecular weight excluding hydrogens is 334 g/mol. The van der Waals surface area contributed by atoms with Crippen molar-refractivity contribution in [2.24, 2.45) is 0 Å². The number of carbonyl (C=O) groups is 1. The zero-order chi connectivity index (χ0) is 15.2. The number of ether oxygens (including phenoxy) is 1. The Kier molecular flexibility index (Phi) is 5.22. The van der Waals surface area contributed by atoms with Crippen molar-refractivity contribution in [2.45, 2.75) is 11.9 Å². The first-order valence-electron chi connectivity index (χ1n) is 6.43. The zero-order valence-electron chi connectivity index (χ0n) is 11.6. The van der Waals surface area contributed by atoms with Crippen molar-refractivity contribution in [1.82, 2.24) is 5.32 Å². The van der Waals surface area contributed by atoms with Crippen LogP contribution in [0.25, 0.3) is 0 Å². The highest BCUT2D eigenvalue weighted by Gasteiger charge is 2.12. The smallest absolute Gasteiger partial charge is 0.255 e. The second-order valence-electron chi connectivity index (χ2n) is 4.52. The number of halogens is 1. The Morgan fingerprint density at radius 1 is 1.19 bits per heavy atom. The Bertz CT molecular complexity index is 626. The topological polar surface area (TPSA) is 58.6 Å². The van der Waals surface area contributed by atoms with Crippen molar-refractivity contribution < 1.29 is 14.6 Å². The summed E-state index contributed by atoms with van der Waals surface area (Å²) in [7, 11) is 1.51. The summed E-state index contributed by atoms with van der Waals surface area (Å²) in [6, 6.07) is 12.5. The van der Waals surface area contributed by atoms with Gasteiger partial charge >= 0.3 is 0 Å². The number of phenolic OH excluding ortho intramolecular Hbond substituents is 1. The normalized spacial score (nSPS) is 10.2. The number of methoxy groups -OCH3 is 1. The lowest BCUT2D eigenvalue weighted by Crippen LogP contribution is -2.22. The molecular formula is C16H16BrNO3. The molecule has 5 heteroatoms. The van der Waals surface area contributed by atoms with Gasteiger partial charge in [0.25, 0.3) is 5.91 Å². The Morgan fingerprint density at radius 2 is 1.86 bits per heavy atom. The van der Waals surface area contributed by atoms with Crippen LogP contribution in [0.5, 0.6) is 11.5 Å². The summed E-state index contributed by atoms with van der Waals surface area (Å²) in [6.07, 6.45) is 0. The Labute approximate surface area is 131 Å². The first kappa shape index (κ1) is 15.4. The van der Waals surface area contributed by atoms with Crippen LogP contribution in [0.3, 0.4) is 0 Å². The molecule has 0 saturated heterocycles. The molecule has 0 aliphatic rings. The summed E-state index contributed by atoms with van der Waals surface area (Å²) < 4.78 is 5.05. The SMILES string of the molecule is COc1ccc(O)c(C(=O)NCc2ccc(CBr)cc2)c1. The summed E-state index contributed by atoms with van der Waals surface area (Å²) in [6.45, 7) is 0.401. The van der Waals surface area contributed by atoms with Crippen molar-refractivity contribution >= 4 is 21.8 Å². The predicted octanol–water partition coefficient (Wildman–Crippen LogP) is 3.23. The van der Waals surface area contributed by atoms with Crippen LogP contribution in [-0.4, -0.2) is 18.1 Å². The van der Waals surface area contributed by atoms with E-state index in [2.05, 4.69) is 21.2 Å². The summed E-state index contributed by atoms with van der Waals surface area (Å²) in [4.78, 5) is 12.1. The number of aromatic hydroxyl groups is 1. The maximum atomic E-state index is 12.1. The molecule has 0 spiro atoms. The highest BCUT2D eigenvalue weighted by Crippen LogP contribution is 2.22. The van der Waals surface area contributed by atoms with Gasteiger partial charge in [0.05, 0.1) is 12.7 Å². The number of phenols is 1. The lowest BCUT2D eigenvalue weighted by atomic mass is 10.1. The summed E-state index contributed by atoms with van der Waals surface area (Å²) in [5.74, 6) is 0.124. The number of benzene rings is 2. The van der Waals surface area contributed by atoms with Crippen LogP contribution in [0.1, 0.15) is 21.5 Å². The minimum absolute atomic E-state index is 0.0667.